The van der Waals surface area contributed by atoms with Crippen molar-refractivity contribution < 1.29 is 19.2 Å². The summed E-state index contributed by atoms with van der Waals surface area (Å²) < 4.78 is 0. The van der Waals surface area contributed by atoms with E-state index in [0.717, 1.165) is 5.56 Å². The van der Waals surface area contributed by atoms with Gasteiger partial charge in [0, 0.05) is 17.8 Å². The van der Waals surface area contributed by atoms with Crippen LogP contribution in [-0.2, 0) is 19.2 Å². The van der Waals surface area contributed by atoms with Gasteiger partial charge in [-0.15, -0.1) is 11.0 Å². The molecule has 2 atom stereocenters. The van der Waals surface area contributed by atoms with Crippen LogP contribution in [0.5, 0.6) is 0 Å². The Labute approximate surface area is 156 Å². The summed E-state index contributed by atoms with van der Waals surface area (Å²) in [5.74, 6) is 2.65. The van der Waals surface area contributed by atoms with Gasteiger partial charge in [0.1, 0.15) is 0 Å². The van der Waals surface area contributed by atoms with Gasteiger partial charge in [0.25, 0.3) is 11.8 Å². The number of nitrogens with zero attached hydrogens (tertiary/aromatic N) is 4. The summed E-state index contributed by atoms with van der Waals surface area (Å²) in [4.78, 5) is 44.4. The van der Waals surface area contributed by atoms with E-state index in [1.807, 2.05) is 6.92 Å². The molecular weight excluding hydrogens is 350 g/mol. The number of amides is 2. The summed E-state index contributed by atoms with van der Waals surface area (Å²) in [6.45, 7) is 2.09. The summed E-state index contributed by atoms with van der Waals surface area (Å²) in [5, 5.41) is 3.89. The molecular formula is C18H19N5O4. The van der Waals surface area contributed by atoms with Crippen molar-refractivity contribution in [3.05, 3.63) is 45.8 Å². The Bertz CT molecular complexity index is 834. The van der Waals surface area contributed by atoms with E-state index < -0.39 is 29.7 Å². The van der Waals surface area contributed by atoms with Gasteiger partial charge in [0.05, 0.1) is 12.5 Å². The number of nitrogens with two attached hydrogens (primary N) is 1. The van der Waals surface area contributed by atoms with E-state index in [2.05, 4.69) is 21.9 Å². The summed E-state index contributed by atoms with van der Waals surface area (Å²) in [6, 6.07) is 5.41. The largest absolute Gasteiger partial charge is 0.346 e. The maximum Gasteiger partial charge on any atom is 0.346 e. The Hall–Kier alpha value is -3.34. The maximum atomic E-state index is 12.4. The van der Waals surface area contributed by atoms with Crippen molar-refractivity contribution in [2.75, 3.05) is 6.54 Å². The smallest absolute Gasteiger partial charge is 0.330 e. The molecule has 1 aliphatic rings. The van der Waals surface area contributed by atoms with E-state index in [1.54, 1.807) is 24.3 Å². The van der Waals surface area contributed by atoms with Crippen LogP contribution in [0.4, 0.5) is 0 Å². The predicted octanol–water partition coefficient (Wildman–Crippen LogP) is 1.92. The lowest BCUT2D eigenvalue weighted by Gasteiger charge is -2.17. The average Bonchev–Trinajstić information content (AvgIpc) is 2.91. The Morgan fingerprint density at radius 2 is 2.11 bits per heavy atom. The van der Waals surface area contributed by atoms with Crippen molar-refractivity contribution in [3.63, 3.8) is 0 Å². The number of hydrogen-bond donors (Lipinski definition) is 1. The van der Waals surface area contributed by atoms with E-state index in [-0.39, 0.29) is 13.0 Å². The monoisotopic (exact) mass is 369 g/mol. The molecule has 2 N–H and O–H groups in total. The van der Waals surface area contributed by atoms with Crippen molar-refractivity contribution in [1.82, 2.24) is 5.06 Å². The van der Waals surface area contributed by atoms with Crippen LogP contribution >= 0.6 is 0 Å². The highest BCUT2D eigenvalue weighted by atomic mass is 16.7. The van der Waals surface area contributed by atoms with Crippen molar-refractivity contribution in [2.24, 2.45) is 16.8 Å². The number of hydroxylamine groups is 2. The summed E-state index contributed by atoms with van der Waals surface area (Å²) >= 11 is 0. The van der Waals surface area contributed by atoms with Crippen LogP contribution in [0.25, 0.3) is 10.4 Å². The molecule has 9 heteroatoms. The highest BCUT2D eigenvalue weighted by Crippen LogP contribution is 2.27. The van der Waals surface area contributed by atoms with Crippen molar-refractivity contribution in [2.45, 2.75) is 32.2 Å². The van der Waals surface area contributed by atoms with Crippen molar-refractivity contribution >= 4 is 17.8 Å². The molecule has 9 nitrogen and oxygen atoms in total. The number of carbonyl (C=O) groups is 3. The molecule has 2 amide bonds. The predicted molar refractivity (Wildman–Crippen MR) is 95.2 cm³/mol. The molecule has 0 spiro atoms. The van der Waals surface area contributed by atoms with Gasteiger partial charge in [-0.05, 0) is 24.4 Å². The second-order valence-corrected chi connectivity index (χ2v) is 5.95. The normalized spacial score (nSPS) is 17.0. The van der Waals surface area contributed by atoms with Crippen LogP contribution in [-0.4, -0.2) is 29.4 Å². The highest BCUT2D eigenvalue weighted by Gasteiger charge is 2.42. The zero-order valence-electron chi connectivity index (χ0n) is 14.8. The minimum atomic E-state index is -1.30. The van der Waals surface area contributed by atoms with Gasteiger partial charge in [0.15, 0.2) is 6.04 Å². The Morgan fingerprint density at radius 3 is 2.74 bits per heavy atom. The van der Waals surface area contributed by atoms with E-state index >= 15 is 0 Å². The van der Waals surface area contributed by atoms with Gasteiger partial charge in [-0.2, -0.15) is 0 Å². The van der Waals surface area contributed by atoms with Crippen LogP contribution < -0.4 is 5.73 Å². The lowest BCUT2D eigenvalue weighted by molar-refractivity contribution is -0.199. The van der Waals surface area contributed by atoms with Crippen LogP contribution in [0.2, 0.25) is 0 Å². The minimum absolute atomic E-state index is 0.0624. The van der Waals surface area contributed by atoms with Gasteiger partial charge >= 0.3 is 5.97 Å². The molecule has 0 aromatic heterocycles. The lowest BCUT2D eigenvalue weighted by atomic mass is 10.0. The molecule has 1 heterocycles. The van der Waals surface area contributed by atoms with E-state index in [1.165, 1.54) is 0 Å². The molecule has 0 bridgehead atoms. The molecule has 1 fully saturated rings. The van der Waals surface area contributed by atoms with Gasteiger partial charge in [-0.25, -0.2) is 4.79 Å². The third-order valence-electron chi connectivity index (χ3n) is 4.01. The second kappa shape index (κ2) is 9.38. The minimum Gasteiger partial charge on any atom is -0.330 e. The number of aryl methyl sites for hydroxylation is 1. The average molecular weight is 369 g/mol. The summed E-state index contributed by atoms with van der Waals surface area (Å²) in [7, 11) is 0. The summed E-state index contributed by atoms with van der Waals surface area (Å²) in [6.07, 6.45) is 0.712. The first-order chi connectivity index (χ1) is 13.0. The van der Waals surface area contributed by atoms with E-state index in [9.17, 15) is 14.4 Å². The molecule has 140 valence electrons. The zero-order chi connectivity index (χ0) is 19.8. The number of rotatable bonds is 6. The molecule has 0 saturated carbocycles. The summed E-state index contributed by atoms with van der Waals surface area (Å²) in [5.41, 5.74) is 15.3. The molecule has 2 unspecified atom stereocenters. The molecule has 0 radical (unpaired) electrons. The maximum absolute atomic E-state index is 12.4. The van der Waals surface area contributed by atoms with Crippen LogP contribution in [0.3, 0.4) is 0 Å². The van der Waals surface area contributed by atoms with Crippen LogP contribution in [0.1, 0.15) is 36.4 Å². The number of azide groups is 1. The molecule has 27 heavy (non-hydrogen) atoms. The SMILES string of the molecule is Cc1ccc(C(N=[N+]=[N-])C(=O)ON2C(=O)CC(CCC#CCN)C2=O)cc1. The fourth-order valence-electron chi connectivity index (χ4n) is 2.59. The van der Waals surface area contributed by atoms with Crippen molar-refractivity contribution in [3.8, 4) is 11.8 Å². The molecule has 1 saturated heterocycles. The topological polar surface area (TPSA) is 138 Å². The fourth-order valence-corrected chi connectivity index (χ4v) is 2.59. The first kappa shape index (κ1) is 20.0. The van der Waals surface area contributed by atoms with Crippen LogP contribution in [0, 0.1) is 24.7 Å². The Kier molecular flexibility index (Phi) is 6.94. The molecule has 2 rings (SSSR count). The number of hydrogen-bond acceptors (Lipinski definition) is 6. The van der Waals surface area contributed by atoms with Crippen molar-refractivity contribution in [1.29, 1.82) is 0 Å². The van der Waals surface area contributed by atoms with E-state index in [4.69, 9.17) is 16.1 Å². The Morgan fingerprint density at radius 1 is 1.41 bits per heavy atom. The quantitative estimate of drug-likeness (QED) is 0.268. The van der Waals surface area contributed by atoms with Gasteiger partial charge in [-0.3, -0.25) is 9.59 Å². The molecule has 1 aromatic rings. The number of imide groups is 1. The standard InChI is InChI=1S/C18H19N5O4/c1-12-6-8-13(9-7-12)16(21-22-20)18(26)27-23-15(24)11-14(17(23)25)5-3-2-4-10-19/h6-9,14,16H,3,5,10-11,19H2,1H3. The third kappa shape index (κ3) is 5.07. The second-order valence-electron chi connectivity index (χ2n) is 5.95. The lowest BCUT2D eigenvalue weighted by Crippen LogP contribution is -2.35. The molecule has 0 aliphatic carbocycles. The number of benzene rings is 1. The molecule has 1 aromatic carbocycles. The first-order valence-electron chi connectivity index (χ1n) is 8.33. The highest BCUT2D eigenvalue weighted by molar-refractivity contribution is 6.03. The molecule has 1 aliphatic heterocycles. The Balaban J connectivity index is 2.08. The van der Waals surface area contributed by atoms with E-state index in [0.29, 0.717) is 23.5 Å². The van der Waals surface area contributed by atoms with Gasteiger partial charge in [-0.1, -0.05) is 40.9 Å². The van der Waals surface area contributed by atoms with Crippen LogP contribution in [0.15, 0.2) is 29.4 Å². The third-order valence-corrected chi connectivity index (χ3v) is 4.01. The number of carbonyl (C=O) groups excluding carboxylic acids is 3. The van der Waals surface area contributed by atoms with Gasteiger partial charge in [0.2, 0.25) is 0 Å². The van der Waals surface area contributed by atoms with Gasteiger partial charge < -0.3 is 10.6 Å². The first-order valence-corrected chi connectivity index (χ1v) is 8.33. The zero-order valence-corrected chi connectivity index (χ0v) is 14.8. The fraction of sp³-hybridized carbons (Fsp3) is 0.389.